The summed E-state index contributed by atoms with van der Waals surface area (Å²) >= 11 is 0. The molecule has 0 saturated heterocycles. The molecule has 0 N–H and O–H groups in total. The van der Waals surface area contributed by atoms with Crippen molar-refractivity contribution in [1.29, 1.82) is 0 Å². The van der Waals surface area contributed by atoms with Crippen LogP contribution in [-0.2, 0) is 0 Å². The minimum atomic E-state index is 0.327. The van der Waals surface area contributed by atoms with Crippen LogP contribution in [0.3, 0.4) is 0 Å². The zero-order chi connectivity index (χ0) is 35.8. The molecular formula is C43H92. The SMILES string of the molecule is CC(C)(C)/C=C/C(C)(C)C.CC(C)(C)CCC(C)(C)C.CC(C)(C)CCCC(C)(C)C.CC(C)(C)CCCCC(C)(C)C. The molecular weight excluding hydrogens is 516 g/mol. The zero-order valence-electron chi connectivity index (χ0n) is 35.5. The standard InChI is InChI=1S/C12H26.C11H24.C10H22.C10H20/c1-11(2,3)9-7-8-10-12(4,5)6;1-10(2,3)8-7-9-11(4,5)6;2*1-9(2,3)7-8-10(4,5)6/h7-10H2,1-6H3;7-9H2,1-6H3;7-8H2,1-6H3;7-8H,1-6H3/b;;;8-7+. The molecule has 0 aliphatic carbocycles. The van der Waals surface area contributed by atoms with Crippen LogP contribution in [0.2, 0.25) is 0 Å². The Morgan fingerprint density at radius 3 is 0.535 bits per heavy atom. The second kappa shape index (κ2) is 20.1. The Balaban J connectivity index is -0.000000236. The lowest BCUT2D eigenvalue weighted by atomic mass is 9.81. The van der Waals surface area contributed by atoms with Crippen LogP contribution in [-0.4, -0.2) is 0 Å². The van der Waals surface area contributed by atoms with Crippen molar-refractivity contribution in [3.05, 3.63) is 12.2 Å². The fourth-order valence-electron chi connectivity index (χ4n) is 3.71. The number of hydrogen-bond donors (Lipinski definition) is 0. The van der Waals surface area contributed by atoms with E-state index in [9.17, 15) is 0 Å². The first kappa shape index (κ1) is 49.6. The first-order valence-corrected chi connectivity index (χ1v) is 18.0. The minimum Gasteiger partial charge on any atom is -0.0826 e. The van der Waals surface area contributed by atoms with Gasteiger partial charge in [-0.3, -0.25) is 0 Å². The highest BCUT2D eigenvalue weighted by Gasteiger charge is 2.17. The van der Waals surface area contributed by atoms with E-state index in [4.69, 9.17) is 0 Å². The lowest BCUT2D eigenvalue weighted by Gasteiger charge is -2.24. The third-order valence-electron chi connectivity index (χ3n) is 6.67. The van der Waals surface area contributed by atoms with Crippen LogP contribution in [0.4, 0.5) is 0 Å². The Kier molecular flexibility index (Phi) is 23.2. The summed E-state index contributed by atoms with van der Waals surface area (Å²) in [7, 11) is 0. The Bertz CT molecular complexity index is 598. The Labute approximate surface area is 278 Å². The van der Waals surface area contributed by atoms with Crippen LogP contribution in [0.5, 0.6) is 0 Å². The van der Waals surface area contributed by atoms with Gasteiger partial charge in [0.1, 0.15) is 0 Å². The summed E-state index contributed by atoms with van der Waals surface area (Å²) in [5, 5.41) is 0. The number of unbranched alkanes of at least 4 members (excludes halogenated alkanes) is 1. The molecule has 0 aliphatic heterocycles. The molecule has 0 atom stereocenters. The van der Waals surface area contributed by atoms with Crippen molar-refractivity contribution in [3.8, 4) is 0 Å². The maximum absolute atomic E-state index is 2.32. The molecule has 0 saturated carbocycles. The molecule has 0 aliphatic rings. The Hall–Kier alpha value is -0.260. The number of hydrogen-bond acceptors (Lipinski definition) is 0. The summed E-state index contributed by atoms with van der Waals surface area (Å²) in [6.07, 6.45) is 16.8. The first-order valence-electron chi connectivity index (χ1n) is 18.0. The normalized spacial score (nSPS) is 13.9. The highest BCUT2D eigenvalue weighted by molar-refractivity contribution is 4.98. The van der Waals surface area contributed by atoms with Gasteiger partial charge in [-0.2, -0.15) is 0 Å². The van der Waals surface area contributed by atoms with E-state index in [1.165, 1.54) is 57.8 Å². The predicted molar refractivity (Wildman–Crippen MR) is 206 cm³/mol. The van der Waals surface area contributed by atoms with Gasteiger partial charge in [0, 0.05) is 0 Å². The van der Waals surface area contributed by atoms with E-state index in [2.05, 4.69) is 178 Å². The van der Waals surface area contributed by atoms with Gasteiger partial charge >= 0.3 is 0 Å². The maximum atomic E-state index is 2.32. The fourth-order valence-corrected chi connectivity index (χ4v) is 3.71. The van der Waals surface area contributed by atoms with Crippen molar-refractivity contribution < 1.29 is 0 Å². The van der Waals surface area contributed by atoms with Gasteiger partial charge < -0.3 is 0 Å². The highest BCUT2D eigenvalue weighted by Crippen LogP contribution is 2.30. The second-order valence-electron chi connectivity index (χ2n) is 23.0. The van der Waals surface area contributed by atoms with Crippen molar-refractivity contribution in [2.45, 2.75) is 224 Å². The van der Waals surface area contributed by atoms with Crippen molar-refractivity contribution >= 4 is 0 Å². The van der Waals surface area contributed by atoms with Crippen LogP contribution < -0.4 is 0 Å². The summed E-state index contributed by atoms with van der Waals surface area (Å²) in [4.78, 5) is 0. The van der Waals surface area contributed by atoms with Crippen LogP contribution in [0, 0.1) is 43.3 Å². The molecule has 0 radical (unpaired) electrons. The maximum Gasteiger partial charge on any atom is -0.0203 e. The first-order chi connectivity index (χ1) is 18.3. The summed E-state index contributed by atoms with van der Waals surface area (Å²) in [5.41, 5.74) is 3.76. The van der Waals surface area contributed by atoms with E-state index in [-0.39, 0.29) is 0 Å². The van der Waals surface area contributed by atoms with E-state index in [0.29, 0.717) is 43.3 Å². The average molecular weight is 609 g/mol. The van der Waals surface area contributed by atoms with Crippen LogP contribution >= 0.6 is 0 Å². The molecule has 0 spiro atoms. The highest BCUT2D eigenvalue weighted by atomic mass is 14.2. The van der Waals surface area contributed by atoms with Gasteiger partial charge in [0.15, 0.2) is 0 Å². The molecule has 0 aromatic rings. The van der Waals surface area contributed by atoms with Gasteiger partial charge in [-0.1, -0.05) is 198 Å². The van der Waals surface area contributed by atoms with Crippen molar-refractivity contribution in [2.24, 2.45) is 43.3 Å². The minimum absolute atomic E-state index is 0.327. The fraction of sp³-hybridized carbons (Fsp3) is 0.953. The van der Waals surface area contributed by atoms with E-state index in [0.717, 1.165) is 0 Å². The molecule has 0 aromatic carbocycles. The molecule has 0 aromatic heterocycles. The Morgan fingerprint density at radius 1 is 0.233 bits per heavy atom. The number of rotatable bonds is 6. The zero-order valence-corrected chi connectivity index (χ0v) is 35.5. The van der Waals surface area contributed by atoms with E-state index in [1.54, 1.807) is 0 Å². The van der Waals surface area contributed by atoms with Gasteiger partial charge in [-0.15, -0.1) is 0 Å². The second-order valence-corrected chi connectivity index (χ2v) is 23.0. The van der Waals surface area contributed by atoms with Gasteiger partial charge in [-0.05, 0) is 81.8 Å². The van der Waals surface area contributed by atoms with Gasteiger partial charge in [0.05, 0.1) is 0 Å². The smallest absolute Gasteiger partial charge is 0.0203 e. The molecule has 0 bridgehead atoms. The third kappa shape index (κ3) is 69.8. The molecule has 0 heterocycles. The summed E-state index contributed by atoms with van der Waals surface area (Å²) < 4.78 is 0. The largest absolute Gasteiger partial charge is 0.0826 e. The summed E-state index contributed by atoms with van der Waals surface area (Å²) in [5.74, 6) is 0. The van der Waals surface area contributed by atoms with E-state index < -0.39 is 0 Å². The molecule has 0 fully saturated rings. The molecule has 43 heavy (non-hydrogen) atoms. The van der Waals surface area contributed by atoms with Crippen molar-refractivity contribution in [1.82, 2.24) is 0 Å². The molecule has 0 amide bonds. The monoisotopic (exact) mass is 609 g/mol. The molecule has 0 heteroatoms. The van der Waals surface area contributed by atoms with Crippen molar-refractivity contribution in [2.75, 3.05) is 0 Å². The van der Waals surface area contributed by atoms with Crippen LogP contribution in [0.15, 0.2) is 12.2 Å². The van der Waals surface area contributed by atoms with Gasteiger partial charge in [0.25, 0.3) is 0 Å². The molecule has 264 valence electrons. The summed E-state index contributed by atoms with van der Waals surface area (Å²) in [6, 6.07) is 0. The van der Waals surface area contributed by atoms with E-state index >= 15 is 0 Å². The third-order valence-corrected chi connectivity index (χ3v) is 6.67. The average Bonchev–Trinajstić information content (AvgIpc) is 2.64. The van der Waals surface area contributed by atoms with Crippen LogP contribution in [0.25, 0.3) is 0 Å². The molecule has 0 rings (SSSR count). The topological polar surface area (TPSA) is 0 Å². The molecule has 0 nitrogen and oxygen atoms in total. The van der Waals surface area contributed by atoms with Crippen molar-refractivity contribution in [3.63, 3.8) is 0 Å². The lowest BCUT2D eigenvalue weighted by molar-refractivity contribution is 0.275. The van der Waals surface area contributed by atoms with E-state index in [1.807, 2.05) is 0 Å². The Morgan fingerprint density at radius 2 is 0.395 bits per heavy atom. The predicted octanol–water partition coefficient (Wildman–Crippen LogP) is 16.4. The van der Waals surface area contributed by atoms with Gasteiger partial charge in [-0.25, -0.2) is 0 Å². The van der Waals surface area contributed by atoms with Crippen LogP contribution in [0.1, 0.15) is 224 Å². The molecule has 0 unspecified atom stereocenters. The quantitative estimate of drug-likeness (QED) is 0.208. The van der Waals surface area contributed by atoms with Gasteiger partial charge in [0.2, 0.25) is 0 Å². The number of allylic oxidation sites excluding steroid dienone is 2. The lowest BCUT2D eigenvalue weighted by Crippen LogP contribution is -2.12. The summed E-state index contributed by atoms with van der Waals surface area (Å²) in [6.45, 7) is 55.0.